The van der Waals surface area contributed by atoms with Crippen LogP contribution in [0.1, 0.15) is 37.0 Å². The first kappa shape index (κ1) is 13.0. The van der Waals surface area contributed by atoms with Gasteiger partial charge in [0.1, 0.15) is 0 Å². The fourth-order valence-electron chi connectivity index (χ4n) is 1.59. The number of anilines is 1. The highest BCUT2D eigenvalue weighted by Gasteiger charge is 2.11. The Hall–Kier alpha value is -1.03. The van der Waals surface area contributed by atoms with Gasteiger partial charge in [0.15, 0.2) is 0 Å². The maximum absolute atomic E-state index is 11.0. The number of hydrogen-bond acceptors (Lipinski definition) is 2. The van der Waals surface area contributed by atoms with E-state index in [1.54, 1.807) is 18.2 Å². The monoisotopic (exact) mass is 285 g/mol. The summed E-state index contributed by atoms with van der Waals surface area (Å²) in [6.45, 7) is 4.16. The normalized spacial score (nSPS) is 12.2. The van der Waals surface area contributed by atoms with Crippen LogP contribution in [-0.2, 0) is 0 Å². The van der Waals surface area contributed by atoms with Gasteiger partial charge < -0.3 is 10.4 Å². The number of benzene rings is 1. The van der Waals surface area contributed by atoms with Gasteiger partial charge in [-0.05, 0) is 31.5 Å². The minimum Gasteiger partial charge on any atom is -0.478 e. The lowest BCUT2D eigenvalue weighted by molar-refractivity contribution is 0.0698. The Labute approximate surface area is 104 Å². The number of nitrogens with one attached hydrogen (secondary N) is 1. The molecule has 0 saturated heterocycles. The molecule has 4 heteroatoms. The highest BCUT2D eigenvalue weighted by atomic mass is 79.9. The average Bonchev–Trinajstić information content (AvgIpc) is 2.17. The zero-order valence-corrected chi connectivity index (χ0v) is 11.0. The van der Waals surface area contributed by atoms with Crippen molar-refractivity contribution in [3.8, 4) is 0 Å². The summed E-state index contributed by atoms with van der Waals surface area (Å²) in [5.74, 6) is -0.904. The van der Waals surface area contributed by atoms with E-state index in [0.717, 1.165) is 17.3 Å². The fourth-order valence-corrected chi connectivity index (χ4v) is 1.95. The number of carboxylic acids is 1. The molecule has 0 heterocycles. The van der Waals surface area contributed by atoms with Crippen LogP contribution in [0.2, 0.25) is 0 Å². The molecule has 1 unspecified atom stereocenters. The zero-order valence-electron chi connectivity index (χ0n) is 9.46. The molecular weight excluding hydrogens is 270 g/mol. The molecule has 0 aliphatic carbocycles. The van der Waals surface area contributed by atoms with Gasteiger partial charge in [0.25, 0.3) is 0 Å². The molecule has 0 aliphatic rings. The van der Waals surface area contributed by atoms with E-state index in [2.05, 4.69) is 35.1 Å². The molecule has 0 radical (unpaired) electrons. The lowest BCUT2D eigenvalue weighted by atomic mass is 10.1. The molecule has 0 saturated carbocycles. The van der Waals surface area contributed by atoms with Crippen LogP contribution >= 0.6 is 15.9 Å². The smallest absolute Gasteiger partial charge is 0.337 e. The third-order valence-electron chi connectivity index (χ3n) is 2.34. The van der Waals surface area contributed by atoms with Crippen LogP contribution in [0.3, 0.4) is 0 Å². The van der Waals surface area contributed by atoms with E-state index < -0.39 is 5.97 Å². The maximum atomic E-state index is 11.0. The van der Waals surface area contributed by atoms with Crippen molar-refractivity contribution in [2.75, 3.05) is 5.32 Å². The number of rotatable bonds is 5. The molecule has 88 valence electrons. The Bertz CT molecular complexity index is 379. The molecule has 1 rings (SSSR count). The Morgan fingerprint density at radius 3 is 2.81 bits per heavy atom. The molecule has 0 bridgehead atoms. The van der Waals surface area contributed by atoms with Gasteiger partial charge >= 0.3 is 5.97 Å². The maximum Gasteiger partial charge on any atom is 0.337 e. The summed E-state index contributed by atoms with van der Waals surface area (Å²) in [6.07, 6.45) is 2.09. The number of hydrogen-bond donors (Lipinski definition) is 2. The van der Waals surface area contributed by atoms with Crippen LogP contribution in [0.25, 0.3) is 0 Å². The van der Waals surface area contributed by atoms with Crippen molar-refractivity contribution in [1.82, 2.24) is 0 Å². The van der Waals surface area contributed by atoms with Crippen molar-refractivity contribution in [2.45, 2.75) is 32.7 Å². The lowest BCUT2D eigenvalue weighted by Gasteiger charge is -2.16. The first-order chi connectivity index (χ1) is 7.54. The van der Waals surface area contributed by atoms with Gasteiger partial charge in [-0.25, -0.2) is 4.79 Å². The quantitative estimate of drug-likeness (QED) is 0.866. The van der Waals surface area contributed by atoms with Crippen molar-refractivity contribution < 1.29 is 9.90 Å². The van der Waals surface area contributed by atoms with Crippen molar-refractivity contribution in [1.29, 1.82) is 0 Å². The van der Waals surface area contributed by atoms with E-state index in [0.29, 0.717) is 11.3 Å². The molecule has 1 aromatic rings. The Morgan fingerprint density at radius 2 is 2.25 bits per heavy atom. The lowest BCUT2D eigenvalue weighted by Crippen LogP contribution is -2.17. The molecule has 1 atom stereocenters. The first-order valence-corrected chi connectivity index (χ1v) is 6.13. The van der Waals surface area contributed by atoms with E-state index in [4.69, 9.17) is 5.11 Å². The Balaban J connectivity index is 2.92. The third-order valence-corrected chi connectivity index (χ3v) is 2.83. The molecule has 0 amide bonds. The number of carbonyl (C=O) groups is 1. The van der Waals surface area contributed by atoms with Gasteiger partial charge in [-0.2, -0.15) is 0 Å². The minimum absolute atomic E-state index is 0.275. The third kappa shape index (κ3) is 3.52. The number of carboxylic acid groups (broad SMARTS) is 1. The molecule has 3 nitrogen and oxygen atoms in total. The Morgan fingerprint density at radius 1 is 1.56 bits per heavy atom. The summed E-state index contributed by atoms with van der Waals surface area (Å²) in [5.41, 5.74) is 0.981. The summed E-state index contributed by atoms with van der Waals surface area (Å²) in [5, 5.41) is 12.3. The fraction of sp³-hybridized carbons (Fsp3) is 0.417. The molecule has 16 heavy (non-hydrogen) atoms. The van der Waals surface area contributed by atoms with Crippen LogP contribution in [0.15, 0.2) is 22.7 Å². The van der Waals surface area contributed by atoms with Crippen LogP contribution in [0, 0.1) is 0 Å². The van der Waals surface area contributed by atoms with Gasteiger partial charge in [0.05, 0.1) is 11.3 Å². The van der Waals surface area contributed by atoms with Crippen LogP contribution < -0.4 is 5.32 Å². The standard InChI is InChI=1S/C12H16BrNO2/c1-3-4-8(2)14-11-7-9(13)5-6-10(11)12(15)16/h5-8,14H,3-4H2,1-2H3,(H,15,16). The summed E-state index contributed by atoms with van der Waals surface area (Å²) < 4.78 is 0.878. The minimum atomic E-state index is -0.904. The van der Waals surface area contributed by atoms with Gasteiger partial charge in [-0.15, -0.1) is 0 Å². The second-order valence-corrected chi connectivity index (χ2v) is 4.74. The molecule has 1 aromatic carbocycles. The van der Waals surface area contributed by atoms with Gasteiger partial charge in [0, 0.05) is 10.5 Å². The van der Waals surface area contributed by atoms with Crippen molar-refractivity contribution in [3.05, 3.63) is 28.2 Å². The highest BCUT2D eigenvalue weighted by Crippen LogP contribution is 2.22. The predicted molar refractivity (Wildman–Crippen MR) is 69.1 cm³/mol. The zero-order chi connectivity index (χ0) is 12.1. The van der Waals surface area contributed by atoms with Crippen molar-refractivity contribution in [2.24, 2.45) is 0 Å². The van der Waals surface area contributed by atoms with Crippen molar-refractivity contribution in [3.63, 3.8) is 0 Å². The summed E-state index contributed by atoms with van der Waals surface area (Å²) >= 11 is 3.34. The van der Waals surface area contributed by atoms with E-state index in [9.17, 15) is 4.79 Å². The van der Waals surface area contributed by atoms with E-state index >= 15 is 0 Å². The molecular formula is C12H16BrNO2. The Kier molecular flexibility index (Phi) is 4.80. The largest absolute Gasteiger partial charge is 0.478 e. The second kappa shape index (κ2) is 5.89. The molecule has 0 spiro atoms. The van der Waals surface area contributed by atoms with E-state index in [1.807, 2.05) is 0 Å². The second-order valence-electron chi connectivity index (χ2n) is 3.83. The van der Waals surface area contributed by atoms with Crippen LogP contribution in [0.4, 0.5) is 5.69 Å². The SMILES string of the molecule is CCCC(C)Nc1cc(Br)ccc1C(=O)O. The van der Waals surface area contributed by atoms with Crippen LogP contribution in [-0.4, -0.2) is 17.1 Å². The summed E-state index contributed by atoms with van der Waals surface area (Å²) in [4.78, 5) is 11.0. The van der Waals surface area contributed by atoms with Gasteiger partial charge in [0.2, 0.25) is 0 Å². The van der Waals surface area contributed by atoms with E-state index in [1.165, 1.54) is 0 Å². The predicted octanol–water partition coefficient (Wildman–Crippen LogP) is 3.75. The molecule has 0 fully saturated rings. The average molecular weight is 286 g/mol. The van der Waals surface area contributed by atoms with Gasteiger partial charge in [-0.1, -0.05) is 29.3 Å². The molecule has 2 N–H and O–H groups in total. The molecule has 0 aromatic heterocycles. The number of halogens is 1. The number of aromatic carboxylic acids is 1. The summed E-state index contributed by atoms with van der Waals surface area (Å²) in [6, 6.07) is 5.42. The highest BCUT2D eigenvalue weighted by molar-refractivity contribution is 9.10. The molecule has 0 aliphatic heterocycles. The van der Waals surface area contributed by atoms with Gasteiger partial charge in [-0.3, -0.25) is 0 Å². The van der Waals surface area contributed by atoms with Crippen molar-refractivity contribution >= 4 is 27.6 Å². The topological polar surface area (TPSA) is 49.3 Å². The van der Waals surface area contributed by atoms with E-state index in [-0.39, 0.29) is 6.04 Å². The summed E-state index contributed by atoms with van der Waals surface area (Å²) in [7, 11) is 0. The first-order valence-electron chi connectivity index (χ1n) is 5.34. The van der Waals surface area contributed by atoms with Crippen LogP contribution in [0.5, 0.6) is 0 Å².